The lowest BCUT2D eigenvalue weighted by molar-refractivity contribution is 0.541. The van der Waals surface area contributed by atoms with Crippen molar-refractivity contribution in [1.82, 2.24) is 5.43 Å². The fourth-order valence-corrected chi connectivity index (χ4v) is 1.07. The molecule has 12 heavy (non-hydrogen) atoms. The van der Waals surface area contributed by atoms with Crippen LogP contribution in [0.4, 0.5) is 4.39 Å². The van der Waals surface area contributed by atoms with Crippen LogP contribution >= 0.6 is 0 Å². The number of halogens is 1. The minimum atomic E-state index is -0.208. The predicted octanol–water partition coefficient (Wildman–Crippen LogP) is 1.66. The number of rotatable bonds is 2. The van der Waals surface area contributed by atoms with Crippen molar-refractivity contribution in [3.63, 3.8) is 0 Å². The molecule has 1 aromatic rings. The zero-order valence-electron chi connectivity index (χ0n) is 7.26. The van der Waals surface area contributed by atoms with Gasteiger partial charge in [-0.15, -0.1) is 0 Å². The fourth-order valence-electron chi connectivity index (χ4n) is 1.07. The molecule has 3 heteroatoms. The van der Waals surface area contributed by atoms with Gasteiger partial charge in [-0.1, -0.05) is 12.1 Å². The first-order chi connectivity index (χ1) is 5.65. The van der Waals surface area contributed by atoms with Gasteiger partial charge in [-0.3, -0.25) is 11.3 Å². The van der Waals surface area contributed by atoms with Crippen LogP contribution in [-0.4, -0.2) is 0 Å². The Bertz CT molecular complexity index is 273. The van der Waals surface area contributed by atoms with E-state index >= 15 is 0 Å². The molecule has 0 bridgehead atoms. The van der Waals surface area contributed by atoms with E-state index < -0.39 is 0 Å². The minimum absolute atomic E-state index is 0.148. The van der Waals surface area contributed by atoms with Crippen molar-refractivity contribution in [2.45, 2.75) is 19.9 Å². The third-order valence-corrected chi connectivity index (χ3v) is 1.87. The zero-order valence-corrected chi connectivity index (χ0v) is 7.26. The van der Waals surface area contributed by atoms with E-state index in [1.54, 1.807) is 6.07 Å². The van der Waals surface area contributed by atoms with Crippen LogP contribution in [-0.2, 0) is 0 Å². The van der Waals surface area contributed by atoms with Crippen LogP contribution in [0.25, 0.3) is 0 Å². The average molecular weight is 168 g/mol. The Kier molecular flexibility index (Phi) is 2.78. The Hall–Kier alpha value is -0.930. The highest BCUT2D eigenvalue weighted by atomic mass is 19.1. The van der Waals surface area contributed by atoms with Gasteiger partial charge < -0.3 is 0 Å². The molecule has 0 saturated heterocycles. The first-order valence-corrected chi connectivity index (χ1v) is 3.87. The van der Waals surface area contributed by atoms with Gasteiger partial charge in [-0.05, 0) is 25.5 Å². The second-order valence-electron chi connectivity index (χ2n) is 2.91. The summed E-state index contributed by atoms with van der Waals surface area (Å²) in [5.41, 5.74) is 4.02. The van der Waals surface area contributed by atoms with Crippen molar-refractivity contribution in [1.29, 1.82) is 0 Å². The van der Waals surface area contributed by atoms with Crippen LogP contribution in [0.3, 0.4) is 0 Å². The standard InChI is InChI=1S/C9H13FN2/c1-6-3-4-8(7(2)12-11)9(10)5-6/h3-5,7,12H,11H2,1-2H3/t7-/m0/s1. The van der Waals surface area contributed by atoms with Gasteiger partial charge in [0.2, 0.25) is 0 Å². The van der Waals surface area contributed by atoms with Gasteiger partial charge in [-0.25, -0.2) is 4.39 Å². The SMILES string of the molecule is Cc1ccc([C@H](C)NN)c(F)c1. The maximum absolute atomic E-state index is 13.2. The highest BCUT2D eigenvalue weighted by Crippen LogP contribution is 2.16. The summed E-state index contributed by atoms with van der Waals surface area (Å²) in [5.74, 6) is 4.99. The van der Waals surface area contributed by atoms with Gasteiger partial charge in [0.05, 0.1) is 0 Å². The Morgan fingerprint density at radius 3 is 2.67 bits per heavy atom. The van der Waals surface area contributed by atoms with Crippen molar-refractivity contribution in [3.05, 3.63) is 35.1 Å². The summed E-state index contributed by atoms with van der Waals surface area (Å²) in [6.07, 6.45) is 0. The third kappa shape index (κ3) is 1.81. The molecule has 3 N–H and O–H groups in total. The maximum Gasteiger partial charge on any atom is 0.128 e. The predicted molar refractivity (Wildman–Crippen MR) is 46.9 cm³/mol. The molecule has 0 aliphatic rings. The maximum atomic E-state index is 13.2. The van der Waals surface area contributed by atoms with Crippen LogP contribution in [0.1, 0.15) is 24.1 Å². The van der Waals surface area contributed by atoms with Crippen molar-refractivity contribution in [2.24, 2.45) is 5.84 Å². The summed E-state index contributed by atoms with van der Waals surface area (Å²) in [6, 6.07) is 4.97. The van der Waals surface area contributed by atoms with Crippen LogP contribution in [0.5, 0.6) is 0 Å². The van der Waals surface area contributed by atoms with Crippen LogP contribution in [0, 0.1) is 12.7 Å². The lowest BCUT2D eigenvalue weighted by Gasteiger charge is -2.11. The van der Waals surface area contributed by atoms with E-state index in [0.717, 1.165) is 5.56 Å². The third-order valence-electron chi connectivity index (χ3n) is 1.87. The minimum Gasteiger partial charge on any atom is -0.271 e. The highest BCUT2D eigenvalue weighted by molar-refractivity contribution is 5.25. The van der Waals surface area contributed by atoms with E-state index in [1.807, 2.05) is 19.9 Å². The second-order valence-corrected chi connectivity index (χ2v) is 2.91. The molecule has 0 aromatic heterocycles. The van der Waals surface area contributed by atoms with E-state index in [0.29, 0.717) is 5.56 Å². The number of nitrogens with two attached hydrogens (primary N) is 1. The molecule has 66 valence electrons. The lowest BCUT2D eigenvalue weighted by Crippen LogP contribution is -2.26. The summed E-state index contributed by atoms with van der Waals surface area (Å²) >= 11 is 0. The topological polar surface area (TPSA) is 38.0 Å². The summed E-state index contributed by atoms with van der Waals surface area (Å²) in [5, 5.41) is 0. The summed E-state index contributed by atoms with van der Waals surface area (Å²) in [7, 11) is 0. The molecule has 1 aromatic carbocycles. The quantitative estimate of drug-likeness (QED) is 0.520. The fraction of sp³-hybridized carbons (Fsp3) is 0.333. The smallest absolute Gasteiger partial charge is 0.128 e. The lowest BCUT2D eigenvalue weighted by atomic mass is 10.1. The van der Waals surface area contributed by atoms with Crippen LogP contribution in [0.15, 0.2) is 18.2 Å². The van der Waals surface area contributed by atoms with Crippen LogP contribution in [0.2, 0.25) is 0 Å². The van der Waals surface area contributed by atoms with Gasteiger partial charge in [-0.2, -0.15) is 0 Å². The first-order valence-electron chi connectivity index (χ1n) is 3.87. The number of nitrogens with one attached hydrogen (secondary N) is 1. The number of aryl methyl sites for hydroxylation is 1. The van der Waals surface area contributed by atoms with Gasteiger partial charge in [0.1, 0.15) is 5.82 Å². The molecule has 0 spiro atoms. The number of benzene rings is 1. The summed E-state index contributed by atoms with van der Waals surface area (Å²) in [6.45, 7) is 3.67. The molecule has 0 amide bonds. The molecule has 0 radical (unpaired) electrons. The Labute approximate surface area is 71.6 Å². The van der Waals surface area contributed by atoms with Gasteiger partial charge in [0, 0.05) is 11.6 Å². The van der Waals surface area contributed by atoms with E-state index in [4.69, 9.17) is 5.84 Å². The Morgan fingerprint density at radius 2 is 2.17 bits per heavy atom. The van der Waals surface area contributed by atoms with Crippen molar-refractivity contribution >= 4 is 0 Å². The number of hydrogen-bond acceptors (Lipinski definition) is 2. The first kappa shape index (κ1) is 9.16. The average Bonchev–Trinajstić information content (AvgIpc) is 2.03. The van der Waals surface area contributed by atoms with E-state index in [9.17, 15) is 4.39 Å². The van der Waals surface area contributed by atoms with Crippen LogP contribution < -0.4 is 11.3 Å². The van der Waals surface area contributed by atoms with Gasteiger partial charge in [0.25, 0.3) is 0 Å². The number of hydrazine groups is 1. The second kappa shape index (κ2) is 3.65. The summed E-state index contributed by atoms with van der Waals surface area (Å²) in [4.78, 5) is 0. The Balaban J connectivity index is 3.01. The molecule has 0 unspecified atom stereocenters. The molecule has 1 rings (SSSR count). The molecule has 0 fully saturated rings. The molecule has 0 aliphatic heterocycles. The molecule has 0 aliphatic carbocycles. The molecule has 2 nitrogen and oxygen atoms in total. The molecular weight excluding hydrogens is 155 g/mol. The molecule has 0 saturated carbocycles. The number of hydrogen-bond donors (Lipinski definition) is 2. The van der Waals surface area contributed by atoms with Gasteiger partial charge >= 0.3 is 0 Å². The van der Waals surface area contributed by atoms with Gasteiger partial charge in [0.15, 0.2) is 0 Å². The monoisotopic (exact) mass is 168 g/mol. The molecular formula is C9H13FN2. The molecule has 1 atom stereocenters. The highest BCUT2D eigenvalue weighted by Gasteiger charge is 2.07. The molecule has 0 heterocycles. The Morgan fingerprint density at radius 1 is 1.50 bits per heavy atom. The zero-order chi connectivity index (χ0) is 9.14. The van der Waals surface area contributed by atoms with E-state index in [-0.39, 0.29) is 11.9 Å². The van der Waals surface area contributed by atoms with E-state index in [2.05, 4.69) is 5.43 Å². The van der Waals surface area contributed by atoms with Crippen molar-refractivity contribution in [2.75, 3.05) is 0 Å². The summed E-state index contributed by atoms with van der Waals surface area (Å²) < 4.78 is 13.2. The normalized spacial score (nSPS) is 13.0. The largest absolute Gasteiger partial charge is 0.271 e. The van der Waals surface area contributed by atoms with Crippen molar-refractivity contribution < 1.29 is 4.39 Å². The van der Waals surface area contributed by atoms with Crippen molar-refractivity contribution in [3.8, 4) is 0 Å². The van der Waals surface area contributed by atoms with E-state index in [1.165, 1.54) is 6.07 Å².